The maximum atomic E-state index is 13.1. The molecule has 0 saturated carbocycles. The molecular formula is C16H17FN2OS. The number of rotatable bonds is 3. The van der Waals surface area contributed by atoms with Crippen LogP contribution in [0.15, 0.2) is 29.6 Å². The average Bonchev–Trinajstić information content (AvgIpc) is 3.14. The Balaban J connectivity index is 1.89. The Morgan fingerprint density at radius 2 is 2.29 bits per heavy atom. The first-order chi connectivity index (χ1) is 10.2. The van der Waals surface area contributed by atoms with Crippen molar-refractivity contribution in [3.63, 3.8) is 0 Å². The summed E-state index contributed by atoms with van der Waals surface area (Å²) in [5, 5.41) is 2.99. The van der Waals surface area contributed by atoms with Gasteiger partial charge in [-0.05, 0) is 31.4 Å². The van der Waals surface area contributed by atoms with E-state index in [1.807, 2.05) is 17.2 Å². The average molecular weight is 304 g/mol. The first-order valence-corrected chi connectivity index (χ1v) is 7.95. The minimum atomic E-state index is -0.614. The molecule has 5 heteroatoms. The molecule has 1 aromatic heterocycles. The molecule has 0 aliphatic carbocycles. The normalized spacial score (nSPS) is 18.2. The third kappa shape index (κ3) is 2.70. The van der Waals surface area contributed by atoms with Crippen molar-refractivity contribution in [1.82, 2.24) is 9.88 Å². The van der Waals surface area contributed by atoms with Gasteiger partial charge in [0.2, 0.25) is 0 Å². The molecule has 2 heterocycles. The molecule has 1 aliphatic heterocycles. The zero-order valence-electron chi connectivity index (χ0n) is 11.9. The zero-order chi connectivity index (χ0) is 14.8. The van der Waals surface area contributed by atoms with E-state index < -0.39 is 6.67 Å². The standard InChI is InChI=1S/C16H17FN2OS/c1-11-10-21-15(18-11)14-7-4-8-19(14)16(20)13-6-3-2-5-12(13)9-17/h2-3,5-6,10,14H,4,7-9H2,1H3/t14-/m1/s1. The van der Waals surface area contributed by atoms with Crippen molar-refractivity contribution in [2.24, 2.45) is 0 Å². The summed E-state index contributed by atoms with van der Waals surface area (Å²) in [4.78, 5) is 19.1. The van der Waals surface area contributed by atoms with E-state index >= 15 is 0 Å². The maximum absolute atomic E-state index is 13.1. The van der Waals surface area contributed by atoms with Crippen LogP contribution < -0.4 is 0 Å². The minimum absolute atomic E-state index is 0.0314. The minimum Gasteiger partial charge on any atom is -0.329 e. The molecule has 1 aliphatic rings. The van der Waals surface area contributed by atoms with Crippen LogP contribution in [0.25, 0.3) is 0 Å². The molecule has 0 spiro atoms. The molecule has 1 atom stereocenters. The largest absolute Gasteiger partial charge is 0.329 e. The van der Waals surface area contributed by atoms with E-state index in [0.29, 0.717) is 17.7 Å². The first kappa shape index (κ1) is 14.2. The van der Waals surface area contributed by atoms with Crippen LogP contribution in [-0.2, 0) is 6.67 Å². The second kappa shape index (κ2) is 5.93. The number of thiazole rings is 1. The summed E-state index contributed by atoms with van der Waals surface area (Å²) in [5.74, 6) is -0.0846. The van der Waals surface area contributed by atoms with Gasteiger partial charge in [0.1, 0.15) is 11.7 Å². The monoisotopic (exact) mass is 304 g/mol. The van der Waals surface area contributed by atoms with Gasteiger partial charge in [-0.25, -0.2) is 9.37 Å². The van der Waals surface area contributed by atoms with Crippen LogP contribution in [0.1, 0.15) is 45.5 Å². The highest BCUT2D eigenvalue weighted by Crippen LogP contribution is 2.35. The number of nitrogens with zero attached hydrogens (tertiary/aromatic N) is 2. The van der Waals surface area contributed by atoms with Gasteiger partial charge in [0, 0.05) is 23.2 Å². The molecule has 21 heavy (non-hydrogen) atoms. The molecule has 1 amide bonds. The Hall–Kier alpha value is -1.75. The number of benzene rings is 1. The summed E-state index contributed by atoms with van der Waals surface area (Å²) in [5.41, 5.74) is 1.92. The number of amides is 1. The van der Waals surface area contributed by atoms with E-state index in [2.05, 4.69) is 4.98 Å². The quantitative estimate of drug-likeness (QED) is 0.861. The van der Waals surface area contributed by atoms with Crippen molar-refractivity contribution in [1.29, 1.82) is 0 Å². The van der Waals surface area contributed by atoms with Gasteiger partial charge in [-0.2, -0.15) is 0 Å². The molecule has 1 saturated heterocycles. The second-order valence-corrected chi connectivity index (χ2v) is 6.16. The Bertz CT molecular complexity index is 655. The number of alkyl halides is 1. The number of halogens is 1. The molecule has 0 bridgehead atoms. The van der Waals surface area contributed by atoms with Crippen LogP contribution in [0.5, 0.6) is 0 Å². The number of aryl methyl sites for hydroxylation is 1. The molecule has 0 unspecified atom stereocenters. The van der Waals surface area contributed by atoms with Gasteiger partial charge in [-0.15, -0.1) is 11.3 Å². The number of hydrogen-bond acceptors (Lipinski definition) is 3. The Kier molecular flexibility index (Phi) is 4.01. The lowest BCUT2D eigenvalue weighted by molar-refractivity contribution is 0.0733. The third-order valence-corrected chi connectivity index (χ3v) is 4.89. The predicted octanol–water partition coefficient (Wildman–Crippen LogP) is 3.90. The van der Waals surface area contributed by atoms with Gasteiger partial charge in [-0.1, -0.05) is 18.2 Å². The van der Waals surface area contributed by atoms with E-state index in [1.165, 1.54) is 0 Å². The second-order valence-electron chi connectivity index (χ2n) is 5.27. The molecule has 3 nitrogen and oxygen atoms in total. The van der Waals surface area contributed by atoms with E-state index in [-0.39, 0.29) is 11.9 Å². The summed E-state index contributed by atoms with van der Waals surface area (Å²) in [7, 11) is 0. The smallest absolute Gasteiger partial charge is 0.254 e. The Morgan fingerprint density at radius 3 is 3.00 bits per heavy atom. The molecule has 0 radical (unpaired) electrons. The van der Waals surface area contributed by atoms with Gasteiger partial charge in [0.05, 0.1) is 6.04 Å². The van der Waals surface area contributed by atoms with Crippen LogP contribution in [-0.4, -0.2) is 22.3 Å². The lowest BCUT2D eigenvalue weighted by Crippen LogP contribution is -2.31. The number of hydrogen-bond donors (Lipinski definition) is 0. The molecule has 1 aromatic carbocycles. The highest BCUT2D eigenvalue weighted by Gasteiger charge is 2.33. The predicted molar refractivity (Wildman–Crippen MR) is 81.1 cm³/mol. The maximum Gasteiger partial charge on any atom is 0.254 e. The van der Waals surface area contributed by atoms with Gasteiger partial charge in [0.15, 0.2) is 0 Å². The fraction of sp³-hybridized carbons (Fsp3) is 0.375. The Morgan fingerprint density at radius 1 is 1.48 bits per heavy atom. The fourth-order valence-corrected chi connectivity index (χ4v) is 3.73. The SMILES string of the molecule is Cc1csc([C@H]2CCCN2C(=O)c2ccccc2CF)n1. The van der Waals surface area contributed by atoms with Crippen molar-refractivity contribution in [3.8, 4) is 0 Å². The number of carbonyl (C=O) groups is 1. The molecule has 110 valence electrons. The lowest BCUT2D eigenvalue weighted by atomic mass is 10.1. The van der Waals surface area contributed by atoms with Gasteiger partial charge in [0.25, 0.3) is 5.91 Å². The number of aromatic nitrogens is 1. The highest BCUT2D eigenvalue weighted by molar-refractivity contribution is 7.09. The lowest BCUT2D eigenvalue weighted by Gasteiger charge is -2.24. The number of likely N-dealkylation sites (tertiary alicyclic amines) is 1. The first-order valence-electron chi connectivity index (χ1n) is 7.07. The summed E-state index contributed by atoms with van der Waals surface area (Å²) >= 11 is 1.59. The molecule has 2 aromatic rings. The van der Waals surface area contributed by atoms with Gasteiger partial charge >= 0.3 is 0 Å². The molecule has 3 rings (SSSR count). The van der Waals surface area contributed by atoms with E-state index in [9.17, 15) is 9.18 Å². The van der Waals surface area contributed by atoms with Crippen LogP contribution in [0, 0.1) is 6.92 Å². The summed E-state index contributed by atoms with van der Waals surface area (Å²) in [6.45, 7) is 2.05. The van der Waals surface area contributed by atoms with Gasteiger partial charge in [-0.3, -0.25) is 4.79 Å². The molecular weight excluding hydrogens is 287 g/mol. The van der Waals surface area contributed by atoms with Crippen LogP contribution in [0.2, 0.25) is 0 Å². The summed E-state index contributed by atoms with van der Waals surface area (Å²) in [6, 6.07) is 6.96. The number of carbonyl (C=O) groups excluding carboxylic acids is 1. The van der Waals surface area contributed by atoms with Crippen molar-refractivity contribution < 1.29 is 9.18 Å². The van der Waals surface area contributed by atoms with Crippen molar-refractivity contribution in [3.05, 3.63) is 51.5 Å². The van der Waals surface area contributed by atoms with Crippen LogP contribution in [0.3, 0.4) is 0 Å². The Labute approximate surface area is 127 Å². The summed E-state index contributed by atoms with van der Waals surface area (Å²) in [6.07, 6.45) is 1.89. The van der Waals surface area contributed by atoms with Gasteiger partial charge < -0.3 is 4.90 Å². The van der Waals surface area contributed by atoms with Crippen molar-refractivity contribution in [2.45, 2.75) is 32.5 Å². The van der Waals surface area contributed by atoms with Crippen LogP contribution in [0.4, 0.5) is 4.39 Å². The fourth-order valence-electron chi connectivity index (χ4n) is 2.79. The van der Waals surface area contributed by atoms with E-state index in [0.717, 1.165) is 23.5 Å². The van der Waals surface area contributed by atoms with E-state index in [4.69, 9.17) is 0 Å². The van der Waals surface area contributed by atoms with Crippen molar-refractivity contribution in [2.75, 3.05) is 6.54 Å². The topological polar surface area (TPSA) is 33.2 Å². The van der Waals surface area contributed by atoms with Crippen molar-refractivity contribution >= 4 is 17.2 Å². The zero-order valence-corrected chi connectivity index (χ0v) is 12.7. The highest BCUT2D eigenvalue weighted by atomic mass is 32.1. The van der Waals surface area contributed by atoms with E-state index in [1.54, 1.807) is 35.6 Å². The third-order valence-electron chi connectivity index (χ3n) is 3.83. The summed E-state index contributed by atoms with van der Waals surface area (Å²) < 4.78 is 13.1. The molecule has 1 fully saturated rings. The van der Waals surface area contributed by atoms with Crippen LogP contribution >= 0.6 is 11.3 Å². The molecule has 0 N–H and O–H groups in total.